The summed E-state index contributed by atoms with van der Waals surface area (Å²) in [6, 6.07) is 3.92. The second-order valence-electron chi connectivity index (χ2n) is 5.53. The number of carboxylic acids is 1. The third-order valence-corrected chi connectivity index (χ3v) is 4.38. The van der Waals surface area contributed by atoms with Crippen LogP contribution in [0, 0.1) is 5.82 Å². The highest BCUT2D eigenvalue weighted by molar-refractivity contribution is 9.10. The van der Waals surface area contributed by atoms with Crippen molar-refractivity contribution in [1.82, 2.24) is 5.32 Å². The molecule has 0 heterocycles. The minimum Gasteiger partial charge on any atom is -0.481 e. The molecule has 0 aliphatic heterocycles. The van der Waals surface area contributed by atoms with E-state index in [1.165, 1.54) is 18.2 Å². The highest BCUT2D eigenvalue weighted by Gasteiger charge is 2.41. The summed E-state index contributed by atoms with van der Waals surface area (Å²) in [4.78, 5) is 23.1. The number of ether oxygens (including phenoxy) is 1. The Balaban J connectivity index is 1.98. The van der Waals surface area contributed by atoms with Crippen LogP contribution in [-0.2, 0) is 9.59 Å². The van der Waals surface area contributed by atoms with Gasteiger partial charge in [0.2, 0.25) is 0 Å². The summed E-state index contributed by atoms with van der Waals surface area (Å²) in [7, 11) is 0. The van der Waals surface area contributed by atoms with Gasteiger partial charge in [0.15, 0.2) is 6.10 Å². The van der Waals surface area contributed by atoms with Crippen molar-refractivity contribution in [3.63, 3.8) is 0 Å². The smallest absolute Gasteiger partial charge is 0.305 e. The van der Waals surface area contributed by atoms with Crippen LogP contribution >= 0.6 is 15.9 Å². The lowest BCUT2D eigenvalue weighted by Gasteiger charge is -2.42. The Bertz CT molecular complexity index is 589. The summed E-state index contributed by atoms with van der Waals surface area (Å²) in [5.74, 6) is -1.37. The van der Waals surface area contributed by atoms with Gasteiger partial charge in [-0.15, -0.1) is 0 Å². The molecule has 1 atom stereocenters. The lowest BCUT2D eigenvalue weighted by atomic mass is 9.74. The van der Waals surface area contributed by atoms with Crippen molar-refractivity contribution >= 4 is 27.8 Å². The number of carboxylic acid groups (broad SMARTS) is 1. The third-order valence-electron chi connectivity index (χ3n) is 3.76. The predicted molar refractivity (Wildman–Crippen MR) is 81.2 cm³/mol. The van der Waals surface area contributed by atoms with E-state index in [-0.39, 0.29) is 12.3 Å². The Hall–Kier alpha value is -1.63. The fraction of sp³-hybridized carbons (Fsp3) is 0.467. The largest absolute Gasteiger partial charge is 0.481 e. The molecule has 1 saturated carbocycles. The minimum atomic E-state index is -0.935. The molecule has 1 amide bonds. The summed E-state index contributed by atoms with van der Waals surface area (Å²) in [6.45, 7) is 1.57. The average Bonchev–Trinajstić information content (AvgIpc) is 2.38. The number of aliphatic carboxylic acids is 1. The maximum Gasteiger partial charge on any atom is 0.305 e. The summed E-state index contributed by atoms with van der Waals surface area (Å²) in [6.07, 6.45) is 1.29. The number of nitrogens with one attached hydrogen (secondary N) is 1. The molecule has 7 heteroatoms. The quantitative estimate of drug-likeness (QED) is 0.803. The van der Waals surface area contributed by atoms with Crippen LogP contribution in [0.4, 0.5) is 4.39 Å². The van der Waals surface area contributed by atoms with Gasteiger partial charge >= 0.3 is 5.97 Å². The van der Waals surface area contributed by atoms with E-state index < -0.39 is 23.4 Å². The van der Waals surface area contributed by atoms with Gasteiger partial charge in [-0.25, -0.2) is 4.39 Å². The maximum atomic E-state index is 13.0. The number of carbonyl (C=O) groups is 2. The van der Waals surface area contributed by atoms with Gasteiger partial charge in [0.05, 0.1) is 16.4 Å². The number of halogens is 2. The topological polar surface area (TPSA) is 75.6 Å². The second kappa shape index (κ2) is 6.64. The number of benzene rings is 1. The van der Waals surface area contributed by atoms with Crippen molar-refractivity contribution in [2.45, 2.75) is 44.2 Å². The summed E-state index contributed by atoms with van der Waals surface area (Å²) in [5.41, 5.74) is -0.666. The van der Waals surface area contributed by atoms with Crippen molar-refractivity contribution in [1.29, 1.82) is 0 Å². The van der Waals surface area contributed by atoms with Crippen LogP contribution in [0.1, 0.15) is 32.6 Å². The minimum absolute atomic E-state index is 0.0916. The van der Waals surface area contributed by atoms with Crippen LogP contribution in [0.25, 0.3) is 0 Å². The highest BCUT2D eigenvalue weighted by atomic mass is 79.9. The highest BCUT2D eigenvalue weighted by Crippen LogP contribution is 2.35. The van der Waals surface area contributed by atoms with Crippen molar-refractivity contribution in [3.05, 3.63) is 28.5 Å². The molecule has 0 radical (unpaired) electrons. The van der Waals surface area contributed by atoms with Crippen LogP contribution in [0.3, 0.4) is 0 Å². The molecular formula is C15H17BrFNO4. The first-order valence-electron chi connectivity index (χ1n) is 6.97. The first-order chi connectivity index (χ1) is 10.3. The Kier molecular flexibility index (Phi) is 5.05. The molecule has 2 N–H and O–H groups in total. The molecule has 1 fully saturated rings. The van der Waals surface area contributed by atoms with Crippen LogP contribution in [0.2, 0.25) is 0 Å². The molecule has 22 heavy (non-hydrogen) atoms. The molecule has 2 rings (SSSR count). The summed E-state index contributed by atoms with van der Waals surface area (Å²) >= 11 is 3.17. The Morgan fingerprint density at radius 2 is 2.18 bits per heavy atom. The molecule has 0 saturated heterocycles. The molecule has 5 nitrogen and oxygen atoms in total. The number of hydrogen-bond acceptors (Lipinski definition) is 3. The third kappa shape index (κ3) is 3.97. The van der Waals surface area contributed by atoms with Crippen LogP contribution in [0.15, 0.2) is 22.7 Å². The number of amides is 1. The maximum absolute atomic E-state index is 13.0. The molecular weight excluding hydrogens is 357 g/mol. The standard InChI is InChI=1S/C15H17BrFNO4/c1-9(22-12-4-3-10(17)7-11(12)16)14(21)18-15(5-2-6-15)8-13(19)20/h3-4,7,9H,2,5-6,8H2,1H3,(H,18,21)(H,19,20). The van der Waals surface area contributed by atoms with E-state index in [4.69, 9.17) is 9.84 Å². The summed E-state index contributed by atoms with van der Waals surface area (Å²) in [5, 5.41) is 11.7. The monoisotopic (exact) mass is 373 g/mol. The van der Waals surface area contributed by atoms with Gasteiger partial charge in [0, 0.05) is 0 Å². The van der Waals surface area contributed by atoms with Gasteiger partial charge in [0.25, 0.3) is 5.91 Å². The molecule has 1 aromatic carbocycles. The van der Waals surface area contributed by atoms with E-state index >= 15 is 0 Å². The zero-order valence-corrected chi connectivity index (χ0v) is 13.7. The molecule has 1 aromatic rings. The normalized spacial score (nSPS) is 17.2. The van der Waals surface area contributed by atoms with Crippen LogP contribution in [-0.4, -0.2) is 28.6 Å². The lowest BCUT2D eigenvalue weighted by Crippen LogP contribution is -2.57. The Morgan fingerprint density at radius 3 is 2.68 bits per heavy atom. The molecule has 0 aromatic heterocycles. The zero-order valence-electron chi connectivity index (χ0n) is 12.1. The number of rotatable bonds is 6. The van der Waals surface area contributed by atoms with E-state index in [2.05, 4.69) is 21.2 Å². The Labute approximate surface area is 136 Å². The van der Waals surface area contributed by atoms with Crippen molar-refractivity contribution < 1.29 is 23.8 Å². The molecule has 0 spiro atoms. The molecule has 1 aliphatic carbocycles. The molecule has 1 aliphatic rings. The molecule has 0 bridgehead atoms. The van der Waals surface area contributed by atoms with E-state index in [1.54, 1.807) is 6.92 Å². The van der Waals surface area contributed by atoms with E-state index in [9.17, 15) is 14.0 Å². The van der Waals surface area contributed by atoms with Gasteiger partial charge in [0.1, 0.15) is 11.6 Å². The van der Waals surface area contributed by atoms with E-state index in [0.717, 1.165) is 6.42 Å². The lowest BCUT2D eigenvalue weighted by molar-refractivity contribution is -0.141. The average molecular weight is 374 g/mol. The van der Waals surface area contributed by atoms with Gasteiger partial charge in [-0.1, -0.05) is 0 Å². The first kappa shape index (κ1) is 16.7. The second-order valence-corrected chi connectivity index (χ2v) is 6.38. The van der Waals surface area contributed by atoms with Crippen molar-refractivity contribution in [2.24, 2.45) is 0 Å². The fourth-order valence-electron chi connectivity index (χ4n) is 2.42. The molecule has 120 valence electrons. The van der Waals surface area contributed by atoms with Gasteiger partial charge in [-0.3, -0.25) is 9.59 Å². The van der Waals surface area contributed by atoms with E-state index in [1.807, 2.05) is 0 Å². The van der Waals surface area contributed by atoms with E-state index in [0.29, 0.717) is 23.1 Å². The summed E-state index contributed by atoms with van der Waals surface area (Å²) < 4.78 is 18.9. The van der Waals surface area contributed by atoms with Gasteiger partial charge in [-0.05, 0) is 60.3 Å². The fourth-order valence-corrected chi connectivity index (χ4v) is 2.86. The van der Waals surface area contributed by atoms with Gasteiger partial charge < -0.3 is 15.2 Å². The zero-order chi connectivity index (χ0) is 16.3. The Morgan fingerprint density at radius 1 is 1.50 bits per heavy atom. The number of hydrogen-bond donors (Lipinski definition) is 2. The van der Waals surface area contributed by atoms with Crippen LogP contribution < -0.4 is 10.1 Å². The first-order valence-corrected chi connectivity index (χ1v) is 7.76. The van der Waals surface area contributed by atoms with Crippen molar-refractivity contribution in [2.75, 3.05) is 0 Å². The number of carbonyl (C=O) groups excluding carboxylic acids is 1. The SMILES string of the molecule is CC(Oc1ccc(F)cc1Br)C(=O)NC1(CC(=O)O)CCC1. The molecule has 1 unspecified atom stereocenters. The van der Waals surface area contributed by atoms with Crippen LogP contribution in [0.5, 0.6) is 5.75 Å². The van der Waals surface area contributed by atoms with Crippen molar-refractivity contribution in [3.8, 4) is 5.75 Å². The van der Waals surface area contributed by atoms with Gasteiger partial charge in [-0.2, -0.15) is 0 Å². The predicted octanol–water partition coefficient (Wildman–Crippen LogP) is 2.87.